The first-order chi connectivity index (χ1) is 13.8. The van der Waals surface area contributed by atoms with E-state index in [-0.39, 0.29) is 29.9 Å². The van der Waals surface area contributed by atoms with Gasteiger partial charge in [0, 0.05) is 5.56 Å². The summed E-state index contributed by atoms with van der Waals surface area (Å²) in [5.74, 6) is 0.461. The fourth-order valence-electron chi connectivity index (χ4n) is 3.30. The van der Waals surface area contributed by atoms with Gasteiger partial charge in [0.25, 0.3) is 5.91 Å². The molecule has 30 heavy (non-hydrogen) atoms. The molecule has 0 fully saturated rings. The van der Waals surface area contributed by atoms with E-state index in [1.807, 2.05) is 24.3 Å². The topological polar surface area (TPSA) is 91.9 Å². The molecule has 6 nitrogen and oxygen atoms in total. The zero-order valence-electron chi connectivity index (χ0n) is 18.8. The summed E-state index contributed by atoms with van der Waals surface area (Å²) < 4.78 is 0. The van der Waals surface area contributed by atoms with Gasteiger partial charge in [0.15, 0.2) is 5.96 Å². The third-order valence-electron chi connectivity index (χ3n) is 5.12. The molecule has 0 bridgehead atoms. The summed E-state index contributed by atoms with van der Waals surface area (Å²) in [6.45, 7) is 8.68. The van der Waals surface area contributed by atoms with E-state index in [2.05, 4.69) is 48.3 Å². The molecule has 2 rings (SSSR count). The largest absolute Gasteiger partial charge is 0.370 e. The van der Waals surface area contributed by atoms with E-state index in [0.717, 1.165) is 12.8 Å². The lowest BCUT2D eigenvalue weighted by atomic mass is 9.87. The van der Waals surface area contributed by atoms with Crippen molar-refractivity contribution in [3.8, 4) is 0 Å². The Morgan fingerprint density at radius 2 is 1.63 bits per heavy atom. The van der Waals surface area contributed by atoms with Crippen LogP contribution < -0.4 is 16.4 Å². The second-order valence-electron chi connectivity index (χ2n) is 8.79. The average molecular weight is 436 g/mol. The van der Waals surface area contributed by atoms with Gasteiger partial charge in [0.1, 0.15) is 6.17 Å². The van der Waals surface area contributed by atoms with Crippen LogP contribution in [-0.2, 0) is 5.41 Å². The molecule has 0 aromatic heterocycles. The first-order valence-corrected chi connectivity index (χ1v) is 10.9. The Morgan fingerprint density at radius 1 is 1.03 bits per heavy atom. The van der Waals surface area contributed by atoms with E-state index in [4.69, 9.17) is 5.73 Å². The minimum Gasteiger partial charge on any atom is -0.370 e. The molecule has 1 aliphatic rings. The predicted molar refractivity (Wildman–Crippen MR) is 128 cm³/mol. The molecule has 1 heterocycles. The van der Waals surface area contributed by atoms with Crippen molar-refractivity contribution in [2.75, 3.05) is 0 Å². The van der Waals surface area contributed by atoms with Crippen LogP contribution in [0.15, 0.2) is 34.3 Å². The molecule has 0 saturated carbocycles. The van der Waals surface area contributed by atoms with Gasteiger partial charge in [-0.3, -0.25) is 15.4 Å². The third-order valence-corrected chi connectivity index (χ3v) is 5.12. The minimum absolute atomic E-state index is 0. The van der Waals surface area contributed by atoms with E-state index in [1.165, 1.54) is 44.1 Å². The van der Waals surface area contributed by atoms with E-state index >= 15 is 0 Å². The van der Waals surface area contributed by atoms with Gasteiger partial charge in [0.05, 0.1) is 0 Å². The molecule has 4 N–H and O–H groups in total. The van der Waals surface area contributed by atoms with Crippen molar-refractivity contribution in [2.45, 2.75) is 90.6 Å². The molecule has 1 aliphatic heterocycles. The number of hydrogen-bond acceptors (Lipinski definition) is 5. The maximum absolute atomic E-state index is 12.6. The smallest absolute Gasteiger partial charge is 0.257 e. The number of amides is 1. The molecule has 7 heteroatoms. The molecule has 0 saturated heterocycles. The van der Waals surface area contributed by atoms with E-state index in [1.54, 1.807) is 0 Å². The van der Waals surface area contributed by atoms with Crippen molar-refractivity contribution in [2.24, 2.45) is 15.7 Å². The van der Waals surface area contributed by atoms with Crippen molar-refractivity contribution in [3.63, 3.8) is 0 Å². The molecular weight excluding hydrogens is 398 g/mol. The second kappa shape index (κ2) is 12.6. The first-order valence-electron chi connectivity index (χ1n) is 10.9. The summed E-state index contributed by atoms with van der Waals surface area (Å²) in [4.78, 5) is 21.4. The van der Waals surface area contributed by atoms with Crippen LogP contribution in [0.3, 0.4) is 0 Å². The highest BCUT2D eigenvalue weighted by Crippen LogP contribution is 2.22. The molecule has 0 spiro atoms. The first kappa shape index (κ1) is 26.0. The molecule has 1 amide bonds. The number of hydrogen-bond donors (Lipinski definition) is 3. The molecule has 168 valence electrons. The van der Waals surface area contributed by atoms with Crippen LogP contribution in [0.1, 0.15) is 95.0 Å². The average Bonchev–Trinajstić information content (AvgIpc) is 2.66. The summed E-state index contributed by atoms with van der Waals surface area (Å²) in [5.41, 5.74) is 7.72. The number of benzene rings is 1. The van der Waals surface area contributed by atoms with E-state index < -0.39 is 0 Å². The summed E-state index contributed by atoms with van der Waals surface area (Å²) in [5, 5.41) is 5.67. The number of nitrogens with two attached hydrogens (primary N) is 1. The molecule has 1 aromatic rings. The number of nitrogens with one attached hydrogen (secondary N) is 2. The number of unbranched alkanes of at least 4 members (excludes halogenated alkanes) is 6. The Kier molecular flexibility index (Phi) is 10.9. The van der Waals surface area contributed by atoms with Crippen LogP contribution >= 0.6 is 12.4 Å². The highest BCUT2D eigenvalue weighted by molar-refractivity contribution is 6.10. The maximum Gasteiger partial charge on any atom is 0.257 e. The predicted octanol–water partition coefficient (Wildman–Crippen LogP) is 4.88. The lowest BCUT2D eigenvalue weighted by molar-refractivity contribution is 0.0976. The molecule has 1 atom stereocenters. The fourth-order valence-corrected chi connectivity index (χ4v) is 3.30. The Balaban J connectivity index is 0.00000450. The van der Waals surface area contributed by atoms with Crippen LogP contribution in [0.2, 0.25) is 0 Å². The lowest BCUT2D eigenvalue weighted by Gasteiger charge is -2.20. The van der Waals surface area contributed by atoms with Gasteiger partial charge < -0.3 is 5.73 Å². The highest BCUT2D eigenvalue weighted by atomic mass is 35.5. The summed E-state index contributed by atoms with van der Waals surface area (Å²) in [6, 6.07) is 7.66. The normalized spacial score (nSPS) is 16.1. The monoisotopic (exact) mass is 435 g/mol. The Morgan fingerprint density at radius 3 is 2.23 bits per heavy atom. The molecule has 0 aliphatic carbocycles. The van der Waals surface area contributed by atoms with Gasteiger partial charge in [-0.1, -0.05) is 78.4 Å². The highest BCUT2D eigenvalue weighted by Gasteiger charge is 2.18. The van der Waals surface area contributed by atoms with Gasteiger partial charge in [-0.2, -0.15) is 0 Å². The zero-order chi connectivity index (χ0) is 21.3. The maximum atomic E-state index is 12.6. The number of nitrogens with zero attached hydrogens (tertiary/aromatic N) is 2. The van der Waals surface area contributed by atoms with Crippen LogP contribution in [0.4, 0.5) is 0 Å². The van der Waals surface area contributed by atoms with E-state index in [0.29, 0.717) is 17.5 Å². The van der Waals surface area contributed by atoms with Crippen molar-refractivity contribution in [3.05, 3.63) is 35.4 Å². The zero-order valence-corrected chi connectivity index (χ0v) is 19.6. The van der Waals surface area contributed by atoms with Crippen molar-refractivity contribution in [1.82, 2.24) is 10.6 Å². The Hall–Kier alpha value is -2.08. The summed E-state index contributed by atoms with van der Waals surface area (Å²) in [7, 11) is 0. The molecule has 1 aromatic carbocycles. The number of halogens is 1. The fraction of sp³-hybridized carbons (Fsp3) is 0.609. The van der Waals surface area contributed by atoms with Gasteiger partial charge >= 0.3 is 0 Å². The number of rotatable bonds is 9. The number of carbonyl (C=O) groups is 1. The molecule has 0 radical (unpaired) electrons. The molecule has 1 unspecified atom stereocenters. The van der Waals surface area contributed by atoms with Gasteiger partial charge in [-0.25, -0.2) is 9.98 Å². The van der Waals surface area contributed by atoms with Crippen LogP contribution in [0.25, 0.3) is 0 Å². The number of aliphatic imine (C=N–C) groups is 2. The standard InChI is InChI=1S/C23H37N5O.ClH/c1-5-6-7-8-9-10-11-12-19-25-21(24)28-22(26-19)27-20(29)17-13-15-18(16-14-17)23(2,3)4;/h13-16,19H,5-12H2,1-4H3,(H4,24,25,26,27,28,29);1H. The van der Waals surface area contributed by atoms with Crippen LogP contribution in [0, 0.1) is 0 Å². The number of guanidine groups is 2. The second-order valence-corrected chi connectivity index (χ2v) is 8.79. The SMILES string of the molecule is CCCCCCCCCC1N=C(N)NC(NC(=O)c2ccc(C(C)(C)C)cc2)=N1.Cl. The van der Waals surface area contributed by atoms with Crippen molar-refractivity contribution < 1.29 is 4.79 Å². The van der Waals surface area contributed by atoms with Crippen molar-refractivity contribution >= 4 is 30.2 Å². The van der Waals surface area contributed by atoms with Gasteiger partial charge in [0.2, 0.25) is 5.96 Å². The van der Waals surface area contributed by atoms with E-state index in [9.17, 15) is 4.79 Å². The Bertz CT molecular complexity index is 722. The van der Waals surface area contributed by atoms with Crippen LogP contribution in [0.5, 0.6) is 0 Å². The Labute approximate surface area is 187 Å². The van der Waals surface area contributed by atoms with Crippen LogP contribution in [-0.4, -0.2) is 24.0 Å². The summed E-state index contributed by atoms with van der Waals surface area (Å²) in [6.07, 6.45) is 9.31. The quantitative estimate of drug-likeness (QED) is 0.483. The van der Waals surface area contributed by atoms with Gasteiger partial charge in [-0.15, -0.1) is 12.4 Å². The third kappa shape index (κ3) is 8.74. The molecular formula is C23H38ClN5O. The summed E-state index contributed by atoms with van der Waals surface area (Å²) >= 11 is 0. The lowest BCUT2D eigenvalue weighted by Crippen LogP contribution is -2.50. The minimum atomic E-state index is -0.231. The van der Waals surface area contributed by atoms with Gasteiger partial charge in [-0.05, 0) is 36.0 Å². The van der Waals surface area contributed by atoms with Crippen molar-refractivity contribution in [1.29, 1.82) is 0 Å². The number of carbonyl (C=O) groups excluding carboxylic acids is 1.